The summed E-state index contributed by atoms with van der Waals surface area (Å²) in [6.07, 6.45) is 5.20. The molecule has 3 aromatic carbocycles. The average molecular weight is 627 g/mol. The second-order valence-corrected chi connectivity index (χ2v) is 12.5. The minimum absolute atomic E-state index is 0.0462. The minimum Gasteiger partial charge on any atom is -0.487 e. The third-order valence-electron chi connectivity index (χ3n) is 7.85. The fraction of sp³-hybridized carbons (Fsp3) is 0.257. The lowest BCUT2D eigenvalue weighted by molar-refractivity contribution is 0.0588. The lowest BCUT2D eigenvalue weighted by atomic mass is 9.97. The molecule has 0 saturated carbocycles. The first-order chi connectivity index (χ1) is 21.8. The van der Waals surface area contributed by atoms with Crippen molar-refractivity contribution in [3.05, 3.63) is 113 Å². The van der Waals surface area contributed by atoms with Gasteiger partial charge in [0.15, 0.2) is 5.56 Å². The van der Waals surface area contributed by atoms with Gasteiger partial charge in [0, 0.05) is 34.8 Å². The molecule has 0 spiro atoms. The van der Waals surface area contributed by atoms with E-state index in [9.17, 15) is 13.2 Å². The first-order valence-corrected chi connectivity index (χ1v) is 16.6. The number of fused-ring (bicyclic) bond motifs is 5. The smallest absolute Gasteiger partial charge is 0.347 e. The van der Waals surface area contributed by atoms with E-state index in [1.807, 2.05) is 89.6 Å². The second kappa shape index (κ2) is 13.1. The number of aromatic nitrogens is 2. The molecule has 0 unspecified atom stereocenters. The summed E-state index contributed by atoms with van der Waals surface area (Å²) < 4.78 is 47.9. The Hall–Kier alpha value is -4.67. The van der Waals surface area contributed by atoms with Crippen LogP contribution in [-0.4, -0.2) is 43.9 Å². The van der Waals surface area contributed by atoms with E-state index in [2.05, 4.69) is 0 Å². The molecule has 45 heavy (non-hydrogen) atoms. The number of benzene rings is 3. The van der Waals surface area contributed by atoms with Gasteiger partial charge < -0.3 is 18.8 Å². The van der Waals surface area contributed by atoms with Crippen molar-refractivity contribution in [1.29, 1.82) is 0 Å². The molecule has 1 aliphatic carbocycles. The molecule has 6 rings (SSSR count). The predicted octanol–water partition coefficient (Wildman–Crippen LogP) is 6.11. The highest BCUT2D eigenvalue weighted by atomic mass is 32.2. The maximum Gasteiger partial charge on any atom is 0.347 e. The summed E-state index contributed by atoms with van der Waals surface area (Å²) in [5.41, 5.74) is 6.63. The van der Waals surface area contributed by atoms with Crippen molar-refractivity contribution in [3.63, 3.8) is 0 Å². The zero-order valence-corrected chi connectivity index (χ0v) is 26.0. The quantitative estimate of drug-likeness (QED) is 0.128. The van der Waals surface area contributed by atoms with Crippen molar-refractivity contribution < 1.29 is 31.6 Å². The molecular weight excluding hydrogens is 592 g/mol. The average Bonchev–Trinajstić information content (AvgIpc) is 3.36. The summed E-state index contributed by atoms with van der Waals surface area (Å²) in [6.45, 7) is 0.898. The van der Waals surface area contributed by atoms with Gasteiger partial charge in [-0.3, -0.25) is 4.18 Å². The summed E-state index contributed by atoms with van der Waals surface area (Å²) in [7, 11) is -2.19. The number of rotatable bonds is 11. The van der Waals surface area contributed by atoms with Gasteiger partial charge in [-0.05, 0) is 48.1 Å². The highest BCUT2D eigenvalue weighted by Crippen LogP contribution is 2.44. The highest BCUT2D eigenvalue weighted by Gasteiger charge is 2.31. The molecule has 2 heterocycles. The van der Waals surface area contributed by atoms with Gasteiger partial charge in [-0.1, -0.05) is 66.7 Å². The van der Waals surface area contributed by atoms with Crippen LogP contribution in [0.5, 0.6) is 11.6 Å². The fourth-order valence-electron chi connectivity index (χ4n) is 5.79. The monoisotopic (exact) mass is 626 g/mol. The zero-order valence-electron chi connectivity index (χ0n) is 25.2. The first-order valence-electron chi connectivity index (χ1n) is 14.8. The Balaban J connectivity index is 1.47. The van der Waals surface area contributed by atoms with Crippen LogP contribution in [-0.2, 0) is 51.6 Å². The van der Waals surface area contributed by atoms with E-state index >= 15 is 0 Å². The first kappa shape index (κ1) is 30.4. The van der Waals surface area contributed by atoms with Crippen LogP contribution in [0.3, 0.4) is 0 Å². The molecule has 232 valence electrons. The minimum atomic E-state index is -3.53. The van der Waals surface area contributed by atoms with Gasteiger partial charge in [-0.2, -0.15) is 8.42 Å². The highest BCUT2D eigenvalue weighted by molar-refractivity contribution is 7.85. The Labute approximate surface area is 262 Å². The molecule has 5 aromatic rings. The Morgan fingerprint density at radius 1 is 0.867 bits per heavy atom. The number of esters is 1. The van der Waals surface area contributed by atoms with E-state index in [4.69, 9.17) is 23.4 Å². The molecule has 0 atom stereocenters. The molecular formula is C35H34N2O7S. The summed E-state index contributed by atoms with van der Waals surface area (Å²) in [6, 6.07) is 25.6. The second-order valence-electron chi connectivity index (χ2n) is 10.9. The maximum absolute atomic E-state index is 13.3. The molecule has 0 amide bonds. The Morgan fingerprint density at radius 2 is 1.53 bits per heavy atom. The third kappa shape index (κ3) is 6.72. The number of pyridine rings is 1. The third-order valence-corrected chi connectivity index (χ3v) is 8.45. The van der Waals surface area contributed by atoms with E-state index in [-0.39, 0.29) is 31.3 Å². The van der Waals surface area contributed by atoms with Crippen LogP contribution < -0.4 is 9.47 Å². The van der Waals surface area contributed by atoms with Crippen LogP contribution in [0, 0.1) is 0 Å². The van der Waals surface area contributed by atoms with Crippen LogP contribution in [0.4, 0.5) is 0 Å². The number of hydrogen-bond donors (Lipinski definition) is 0. The van der Waals surface area contributed by atoms with Gasteiger partial charge in [-0.15, -0.1) is 0 Å². The molecule has 0 bridgehead atoms. The van der Waals surface area contributed by atoms with Crippen LogP contribution in [0.15, 0.2) is 85.1 Å². The van der Waals surface area contributed by atoms with Gasteiger partial charge in [0.2, 0.25) is 5.88 Å². The molecule has 10 heteroatoms. The molecule has 2 aromatic heterocycles. The van der Waals surface area contributed by atoms with E-state index in [0.717, 1.165) is 57.8 Å². The summed E-state index contributed by atoms with van der Waals surface area (Å²) in [5.74, 6) is -0.0112. The lowest BCUT2D eigenvalue weighted by Gasteiger charge is -2.20. The number of carbonyl (C=O) groups excluding carboxylic acids is 1. The van der Waals surface area contributed by atoms with Crippen LogP contribution in [0.2, 0.25) is 0 Å². The van der Waals surface area contributed by atoms with Gasteiger partial charge >= 0.3 is 5.97 Å². The van der Waals surface area contributed by atoms with Crippen LogP contribution in [0.25, 0.3) is 22.2 Å². The van der Waals surface area contributed by atoms with Gasteiger partial charge in [0.25, 0.3) is 10.1 Å². The van der Waals surface area contributed by atoms with Gasteiger partial charge in [0.1, 0.15) is 19.0 Å². The summed E-state index contributed by atoms with van der Waals surface area (Å²) in [5, 5.41) is 1.05. The van der Waals surface area contributed by atoms with Crippen molar-refractivity contribution in [2.75, 3.05) is 20.0 Å². The van der Waals surface area contributed by atoms with Gasteiger partial charge in [-0.25, -0.2) is 9.78 Å². The predicted molar refractivity (Wildman–Crippen MR) is 171 cm³/mol. The molecule has 0 saturated heterocycles. The fourth-order valence-corrected chi connectivity index (χ4v) is 6.16. The molecule has 0 aliphatic heterocycles. The lowest BCUT2D eigenvalue weighted by Crippen LogP contribution is -2.14. The maximum atomic E-state index is 13.3. The van der Waals surface area contributed by atoms with E-state index < -0.39 is 16.1 Å². The number of hydrogen-bond acceptors (Lipinski definition) is 8. The van der Waals surface area contributed by atoms with Crippen molar-refractivity contribution in [3.8, 4) is 22.9 Å². The number of ether oxygens (including phenoxy) is 3. The Kier molecular flexibility index (Phi) is 8.86. The van der Waals surface area contributed by atoms with Crippen LogP contribution >= 0.6 is 0 Å². The van der Waals surface area contributed by atoms with E-state index in [1.165, 1.54) is 7.11 Å². The van der Waals surface area contributed by atoms with Crippen LogP contribution in [0.1, 0.15) is 39.0 Å². The number of aryl methyl sites for hydroxylation is 1. The standard InChI is InChI=1S/C35H34N2O7S/c1-41-35(38)31-33(42-22-24-10-5-3-6-11-24)29-15-9-14-26-27-18-19-37(20-21-44-45(2,39)40)30(27)17-16-28(26)32(29)36-34(31)43-23-25-12-7-4-8-13-25/h3-8,10-13,16-19H,9,14-15,20-23H2,1-2H3. The molecule has 1 aliphatic rings. The van der Waals surface area contributed by atoms with E-state index in [1.54, 1.807) is 0 Å². The van der Waals surface area contributed by atoms with E-state index in [0.29, 0.717) is 24.4 Å². The van der Waals surface area contributed by atoms with Crippen molar-refractivity contribution in [2.24, 2.45) is 0 Å². The van der Waals surface area contributed by atoms with Crippen molar-refractivity contribution >= 4 is 27.0 Å². The normalized spacial score (nSPS) is 12.7. The zero-order chi connectivity index (χ0) is 31.4. The molecule has 9 nitrogen and oxygen atoms in total. The number of nitrogens with zero attached hydrogens (tertiary/aromatic N) is 2. The number of carbonyl (C=O) groups is 1. The van der Waals surface area contributed by atoms with Gasteiger partial charge in [0.05, 0.1) is 25.7 Å². The molecule has 0 fully saturated rings. The molecule has 0 N–H and O–H groups in total. The Bertz CT molecular complexity index is 1940. The molecule has 0 radical (unpaired) electrons. The summed E-state index contributed by atoms with van der Waals surface area (Å²) >= 11 is 0. The van der Waals surface area contributed by atoms with Crippen molar-refractivity contribution in [2.45, 2.75) is 39.0 Å². The topological polar surface area (TPSA) is 106 Å². The Morgan fingerprint density at radius 3 is 2.20 bits per heavy atom. The van der Waals surface area contributed by atoms with Crippen molar-refractivity contribution in [1.82, 2.24) is 9.55 Å². The summed E-state index contributed by atoms with van der Waals surface area (Å²) in [4.78, 5) is 18.4. The number of methoxy groups -OCH3 is 1. The largest absolute Gasteiger partial charge is 0.487 e. The SMILES string of the molecule is COC(=O)c1c(OCc2ccccc2)nc2c(c1OCc1ccccc1)CCCc1c-2ccc2c1ccn2CCOS(C)(=O)=O.